The van der Waals surface area contributed by atoms with Crippen molar-refractivity contribution in [1.29, 1.82) is 0 Å². The van der Waals surface area contributed by atoms with Crippen LogP contribution in [0.25, 0.3) is 0 Å². The van der Waals surface area contributed by atoms with E-state index >= 15 is 0 Å². The molecule has 0 aliphatic carbocycles. The second-order valence-corrected chi connectivity index (χ2v) is 12.5. The number of carbonyl (C=O) groups is 1. The second kappa shape index (κ2) is 7.31. The van der Waals surface area contributed by atoms with Crippen LogP contribution in [0.15, 0.2) is 28.4 Å². The van der Waals surface area contributed by atoms with Crippen molar-refractivity contribution < 1.29 is 13.6 Å². The van der Waals surface area contributed by atoms with Crippen LogP contribution in [0.2, 0.25) is 16.6 Å². The molecule has 0 spiro atoms. The number of ketones is 1. The summed E-state index contributed by atoms with van der Waals surface area (Å²) in [6.07, 6.45) is 3.11. The van der Waals surface area contributed by atoms with Crippen molar-refractivity contribution in [2.24, 2.45) is 0 Å². The fourth-order valence-corrected chi connectivity index (χ4v) is 8.54. The SMILES string of the molecule is CC(C)=CC(=O)c1coc(O[Si](C(C)C)(C(C)C)C(C)C)c1. The molecule has 124 valence electrons. The lowest BCUT2D eigenvalue weighted by Gasteiger charge is -2.41. The first-order valence-electron chi connectivity index (χ1n) is 8.08. The highest BCUT2D eigenvalue weighted by Gasteiger charge is 2.47. The first-order valence-corrected chi connectivity index (χ1v) is 10.2. The van der Waals surface area contributed by atoms with Crippen molar-refractivity contribution in [3.8, 4) is 5.95 Å². The number of furan rings is 1. The minimum atomic E-state index is -2.04. The molecule has 0 amide bonds. The van der Waals surface area contributed by atoms with Crippen LogP contribution in [0, 0.1) is 0 Å². The Balaban J connectivity index is 3.09. The van der Waals surface area contributed by atoms with E-state index in [1.165, 1.54) is 6.26 Å². The Labute approximate surface area is 135 Å². The maximum atomic E-state index is 12.1. The molecule has 1 heterocycles. The molecule has 0 aliphatic rings. The van der Waals surface area contributed by atoms with E-state index in [2.05, 4.69) is 41.5 Å². The molecule has 3 nitrogen and oxygen atoms in total. The Morgan fingerprint density at radius 1 is 1.09 bits per heavy atom. The van der Waals surface area contributed by atoms with Crippen LogP contribution >= 0.6 is 0 Å². The molecule has 0 N–H and O–H groups in total. The molecule has 0 bridgehead atoms. The summed E-state index contributed by atoms with van der Waals surface area (Å²) in [6, 6.07) is 1.73. The molecule has 0 radical (unpaired) electrons. The summed E-state index contributed by atoms with van der Waals surface area (Å²) >= 11 is 0. The van der Waals surface area contributed by atoms with Gasteiger partial charge in [-0.25, -0.2) is 0 Å². The Morgan fingerprint density at radius 2 is 1.59 bits per heavy atom. The fourth-order valence-electron chi connectivity index (χ4n) is 3.37. The van der Waals surface area contributed by atoms with E-state index in [0.717, 1.165) is 5.57 Å². The quantitative estimate of drug-likeness (QED) is 0.352. The first-order chi connectivity index (χ1) is 10.1. The molecular formula is C18H30O3Si. The molecule has 0 saturated heterocycles. The van der Waals surface area contributed by atoms with Gasteiger partial charge in [0.25, 0.3) is 14.3 Å². The van der Waals surface area contributed by atoms with Crippen molar-refractivity contribution >= 4 is 14.1 Å². The van der Waals surface area contributed by atoms with Crippen molar-refractivity contribution in [1.82, 2.24) is 0 Å². The third kappa shape index (κ3) is 3.91. The summed E-state index contributed by atoms with van der Waals surface area (Å²) in [5.41, 5.74) is 2.93. The topological polar surface area (TPSA) is 39.4 Å². The standard InChI is InChI=1S/C18H30O3Si/c1-12(2)9-17(19)16-10-18(20-11-16)21-22(13(3)4,14(5)6)15(7)8/h9-11,13-15H,1-8H3. The number of hydrogen-bond donors (Lipinski definition) is 0. The summed E-state index contributed by atoms with van der Waals surface area (Å²) in [4.78, 5) is 12.1. The molecule has 0 fully saturated rings. The molecule has 4 heteroatoms. The lowest BCUT2D eigenvalue weighted by molar-refractivity contribution is 0.104. The van der Waals surface area contributed by atoms with E-state index in [0.29, 0.717) is 28.1 Å². The second-order valence-electron chi connectivity index (χ2n) is 7.16. The zero-order valence-corrected chi connectivity index (χ0v) is 16.2. The van der Waals surface area contributed by atoms with Crippen molar-refractivity contribution in [3.63, 3.8) is 0 Å². The molecule has 1 aromatic heterocycles. The minimum Gasteiger partial charge on any atom is -0.518 e. The first kappa shape index (κ1) is 18.8. The molecule has 0 saturated carbocycles. The molecule has 1 aromatic rings. The van der Waals surface area contributed by atoms with Crippen molar-refractivity contribution in [2.45, 2.75) is 72.0 Å². The zero-order valence-electron chi connectivity index (χ0n) is 15.2. The van der Waals surface area contributed by atoms with Crippen LogP contribution in [0.1, 0.15) is 65.7 Å². The molecule has 0 atom stereocenters. The molecule has 22 heavy (non-hydrogen) atoms. The van der Waals surface area contributed by atoms with Gasteiger partial charge in [0.15, 0.2) is 5.78 Å². The fraction of sp³-hybridized carbons (Fsp3) is 0.611. The van der Waals surface area contributed by atoms with Gasteiger partial charge in [0.05, 0.1) is 5.56 Å². The molecule has 0 unspecified atom stereocenters. The number of carbonyl (C=O) groups excluding carboxylic acids is 1. The van der Waals surface area contributed by atoms with E-state index in [1.807, 2.05) is 13.8 Å². The van der Waals surface area contributed by atoms with Gasteiger partial charge in [-0.3, -0.25) is 4.79 Å². The van der Waals surface area contributed by atoms with Gasteiger partial charge >= 0.3 is 0 Å². The van der Waals surface area contributed by atoms with Gasteiger partial charge in [-0.15, -0.1) is 0 Å². The average Bonchev–Trinajstić information content (AvgIpc) is 2.82. The molecule has 0 aliphatic heterocycles. The summed E-state index contributed by atoms with van der Waals surface area (Å²) in [7, 11) is -2.04. The average molecular weight is 323 g/mol. The van der Waals surface area contributed by atoms with Gasteiger partial charge in [0.2, 0.25) is 0 Å². The molecular weight excluding hydrogens is 292 g/mol. The highest BCUT2D eigenvalue weighted by molar-refractivity contribution is 6.78. The normalized spacial score (nSPS) is 12.1. The van der Waals surface area contributed by atoms with E-state index in [4.69, 9.17) is 8.84 Å². The Morgan fingerprint density at radius 3 is 2.00 bits per heavy atom. The summed E-state index contributed by atoms with van der Waals surface area (Å²) in [5, 5.41) is 0. The predicted molar refractivity (Wildman–Crippen MR) is 94.1 cm³/mol. The molecule has 1 rings (SSSR count). The minimum absolute atomic E-state index is 0.0375. The highest BCUT2D eigenvalue weighted by Crippen LogP contribution is 2.43. The van der Waals surface area contributed by atoms with Gasteiger partial charge in [0, 0.05) is 6.07 Å². The van der Waals surface area contributed by atoms with Crippen LogP contribution in [0.4, 0.5) is 0 Å². The predicted octanol–water partition coefficient (Wildman–Crippen LogP) is 5.98. The Kier molecular flexibility index (Phi) is 6.24. The largest absolute Gasteiger partial charge is 0.518 e. The summed E-state index contributed by atoms with van der Waals surface area (Å²) < 4.78 is 12.0. The van der Waals surface area contributed by atoms with Crippen molar-refractivity contribution in [3.05, 3.63) is 29.5 Å². The van der Waals surface area contributed by atoms with Crippen LogP contribution in [-0.4, -0.2) is 14.1 Å². The third-order valence-corrected chi connectivity index (χ3v) is 10.2. The van der Waals surface area contributed by atoms with E-state index in [-0.39, 0.29) is 5.78 Å². The summed E-state index contributed by atoms with van der Waals surface area (Å²) in [6.45, 7) is 17.2. The van der Waals surface area contributed by atoms with Gasteiger partial charge < -0.3 is 8.84 Å². The van der Waals surface area contributed by atoms with Crippen LogP contribution in [-0.2, 0) is 0 Å². The van der Waals surface area contributed by atoms with Crippen LogP contribution in [0.5, 0.6) is 5.95 Å². The van der Waals surface area contributed by atoms with Crippen LogP contribution < -0.4 is 4.43 Å². The van der Waals surface area contributed by atoms with Gasteiger partial charge in [0.1, 0.15) is 6.26 Å². The van der Waals surface area contributed by atoms with Gasteiger partial charge in [-0.05, 0) is 36.5 Å². The number of hydrogen-bond acceptors (Lipinski definition) is 3. The van der Waals surface area contributed by atoms with E-state index < -0.39 is 8.32 Å². The lowest BCUT2D eigenvalue weighted by Crippen LogP contribution is -2.50. The Hall–Kier alpha value is -1.29. The number of allylic oxidation sites excluding steroid dienone is 2. The molecule has 0 aromatic carbocycles. The zero-order chi connectivity index (χ0) is 17.1. The Bertz CT molecular complexity index is 513. The van der Waals surface area contributed by atoms with Gasteiger partial charge in [-0.1, -0.05) is 47.1 Å². The van der Waals surface area contributed by atoms with E-state index in [9.17, 15) is 4.79 Å². The van der Waals surface area contributed by atoms with Crippen molar-refractivity contribution in [2.75, 3.05) is 0 Å². The van der Waals surface area contributed by atoms with E-state index in [1.54, 1.807) is 12.1 Å². The maximum absolute atomic E-state index is 12.1. The highest BCUT2D eigenvalue weighted by atomic mass is 28.4. The lowest BCUT2D eigenvalue weighted by atomic mass is 10.2. The maximum Gasteiger partial charge on any atom is 0.271 e. The number of rotatable bonds is 7. The van der Waals surface area contributed by atoms with Crippen LogP contribution in [0.3, 0.4) is 0 Å². The van der Waals surface area contributed by atoms with Gasteiger partial charge in [-0.2, -0.15) is 0 Å². The third-order valence-electron chi connectivity index (χ3n) is 4.26. The monoisotopic (exact) mass is 322 g/mol. The smallest absolute Gasteiger partial charge is 0.271 e. The summed E-state index contributed by atoms with van der Waals surface area (Å²) in [5.74, 6) is 0.442.